The van der Waals surface area contributed by atoms with Gasteiger partial charge in [-0.2, -0.15) is 21.0 Å². The quantitative estimate of drug-likeness (QED) is 0.150. The number of fused-ring (bicyclic) bond motifs is 14. The van der Waals surface area contributed by atoms with E-state index in [1.807, 2.05) is 97.1 Å². The standard InChI is InChI=1S/C70H38N8S2/c71-39-43-20-28-47(29-21-43)75(48-30-22-44(40-72)23-31-48)59-37-61-68(70-65(59)55-14-3-7-18-63(55)80-70)67-60(78(61)52-11-9-10-51(36-52)77-57-16-5-1-12-53(57)54-13-2-6-17-58(54)77)38-62(69-66(67)56-15-4-8-19-64(56)79-69)76(49-32-24-45(41-73)25-33-49)50-34-26-46(42-74)27-35-50/h1-38H. The molecule has 0 unspecified atom stereocenters. The van der Waals surface area contributed by atoms with Crippen molar-refractivity contribution in [3.05, 3.63) is 253 Å². The number of thiophene rings is 2. The van der Waals surface area contributed by atoms with Crippen LogP contribution in [0.3, 0.4) is 0 Å². The van der Waals surface area contributed by atoms with E-state index in [0.717, 1.165) is 119 Å². The first kappa shape index (κ1) is 46.3. The van der Waals surface area contributed by atoms with E-state index in [2.05, 4.69) is 177 Å². The zero-order valence-electron chi connectivity index (χ0n) is 42.3. The van der Waals surface area contributed by atoms with Gasteiger partial charge in [-0.25, -0.2) is 0 Å². The zero-order chi connectivity index (χ0) is 53.6. The van der Waals surface area contributed by atoms with E-state index >= 15 is 0 Å². The average Bonchev–Trinajstić information content (AvgIpc) is 4.01. The summed E-state index contributed by atoms with van der Waals surface area (Å²) in [6.07, 6.45) is 0. The van der Waals surface area contributed by atoms with Gasteiger partial charge in [0, 0.05) is 91.3 Å². The molecule has 11 aromatic carbocycles. The Kier molecular flexibility index (Phi) is 10.6. The van der Waals surface area contributed by atoms with Gasteiger partial charge in [0.25, 0.3) is 0 Å². The van der Waals surface area contributed by atoms with Gasteiger partial charge in [-0.3, -0.25) is 0 Å². The maximum atomic E-state index is 10.0. The molecule has 0 N–H and O–H groups in total. The zero-order valence-corrected chi connectivity index (χ0v) is 44.0. The molecule has 15 aromatic rings. The fourth-order valence-corrected chi connectivity index (χ4v) is 14.4. The minimum absolute atomic E-state index is 0.553. The topological polar surface area (TPSA) is 112 Å². The molecule has 0 atom stereocenters. The minimum Gasteiger partial charge on any atom is -0.310 e. The Labute approximate surface area is 466 Å². The average molecular weight is 1060 g/mol. The van der Waals surface area contributed by atoms with Gasteiger partial charge >= 0.3 is 0 Å². The van der Waals surface area contributed by atoms with Crippen LogP contribution in [0.1, 0.15) is 22.3 Å². The Morgan fingerprint density at radius 3 is 1.15 bits per heavy atom. The molecular weight excluding hydrogens is 1020 g/mol. The highest BCUT2D eigenvalue weighted by Gasteiger charge is 2.30. The molecule has 80 heavy (non-hydrogen) atoms. The van der Waals surface area contributed by atoms with E-state index in [1.165, 1.54) is 10.8 Å². The third kappa shape index (κ3) is 7.09. The van der Waals surface area contributed by atoms with Gasteiger partial charge in [-0.1, -0.05) is 78.9 Å². The molecule has 0 aliphatic rings. The monoisotopic (exact) mass is 1050 g/mol. The second kappa shape index (κ2) is 18.4. The van der Waals surface area contributed by atoms with Gasteiger partial charge < -0.3 is 18.9 Å². The number of rotatable bonds is 8. The molecule has 4 aromatic heterocycles. The first-order chi connectivity index (χ1) is 39.5. The molecule has 0 saturated carbocycles. The largest absolute Gasteiger partial charge is 0.310 e. The van der Waals surface area contributed by atoms with Crippen molar-refractivity contribution in [2.75, 3.05) is 9.80 Å². The van der Waals surface area contributed by atoms with Crippen LogP contribution in [0, 0.1) is 45.3 Å². The van der Waals surface area contributed by atoms with Crippen LogP contribution >= 0.6 is 22.7 Å². The highest BCUT2D eigenvalue weighted by Crippen LogP contribution is 2.55. The smallest absolute Gasteiger partial charge is 0.0991 e. The van der Waals surface area contributed by atoms with Crippen molar-refractivity contribution >= 4 is 141 Å². The van der Waals surface area contributed by atoms with Crippen LogP contribution in [0.4, 0.5) is 34.1 Å². The third-order valence-corrected chi connectivity index (χ3v) is 17.8. The Morgan fingerprint density at radius 1 is 0.300 bits per heavy atom. The van der Waals surface area contributed by atoms with Crippen molar-refractivity contribution in [3.63, 3.8) is 0 Å². The summed E-state index contributed by atoms with van der Waals surface area (Å²) in [7, 11) is 0. The second-order valence-corrected chi connectivity index (χ2v) is 21.8. The van der Waals surface area contributed by atoms with Crippen LogP contribution in [0.5, 0.6) is 0 Å². The number of hydrogen-bond donors (Lipinski definition) is 0. The molecule has 0 spiro atoms. The number of anilines is 6. The lowest BCUT2D eigenvalue weighted by Gasteiger charge is -2.27. The molecule has 0 fully saturated rings. The molecule has 0 amide bonds. The minimum atomic E-state index is 0.553. The Bertz CT molecular complexity index is 5060. The van der Waals surface area contributed by atoms with Crippen LogP contribution < -0.4 is 9.80 Å². The molecule has 10 heteroatoms. The van der Waals surface area contributed by atoms with E-state index in [4.69, 9.17) is 0 Å². The molecule has 15 rings (SSSR count). The lowest BCUT2D eigenvalue weighted by atomic mass is 10.0. The van der Waals surface area contributed by atoms with Crippen molar-refractivity contribution in [2.45, 2.75) is 0 Å². The molecule has 370 valence electrons. The summed E-state index contributed by atoms with van der Waals surface area (Å²) in [6.45, 7) is 0. The van der Waals surface area contributed by atoms with E-state index in [-0.39, 0.29) is 0 Å². The van der Waals surface area contributed by atoms with Crippen molar-refractivity contribution in [1.82, 2.24) is 9.13 Å². The summed E-state index contributed by atoms with van der Waals surface area (Å²) in [5, 5.41) is 49.1. The van der Waals surface area contributed by atoms with Gasteiger partial charge in [-0.15, -0.1) is 22.7 Å². The first-order valence-electron chi connectivity index (χ1n) is 26.0. The van der Waals surface area contributed by atoms with Gasteiger partial charge in [-0.05, 0) is 152 Å². The summed E-state index contributed by atoms with van der Waals surface area (Å²) >= 11 is 3.55. The van der Waals surface area contributed by atoms with Gasteiger partial charge in [0.15, 0.2) is 0 Å². The van der Waals surface area contributed by atoms with Crippen LogP contribution in [-0.4, -0.2) is 9.13 Å². The highest BCUT2D eigenvalue weighted by atomic mass is 32.1. The summed E-state index contributed by atoms with van der Waals surface area (Å²) in [6, 6.07) is 88.2. The van der Waals surface area contributed by atoms with E-state index in [9.17, 15) is 21.0 Å². The van der Waals surface area contributed by atoms with E-state index < -0.39 is 0 Å². The normalized spacial score (nSPS) is 11.4. The van der Waals surface area contributed by atoms with Gasteiger partial charge in [0.2, 0.25) is 0 Å². The number of hydrogen-bond acceptors (Lipinski definition) is 8. The van der Waals surface area contributed by atoms with Crippen LogP contribution in [-0.2, 0) is 0 Å². The Balaban J connectivity index is 1.14. The lowest BCUT2D eigenvalue weighted by molar-refractivity contribution is 1.13. The van der Waals surface area contributed by atoms with Gasteiger partial charge in [0.1, 0.15) is 0 Å². The Hall–Kier alpha value is -11.0. The lowest BCUT2D eigenvalue weighted by Crippen LogP contribution is -2.11. The molecule has 0 aliphatic carbocycles. The second-order valence-electron chi connectivity index (χ2n) is 19.7. The molecule has 0 radical (unpaired) electrons. The number of nitrogens with zero attached hydrogens (tertiary/aromatic N) is 8. The number of para-hydroxylation sites is 2. The highest BCUT2D eigenvalue weighted by molar-refractivity contribution is 7.27. The first-order valence-corrected chi connectivity index (χ1v) is 27.6. The van der Waals surface area contributed by atoms with Crippen molar-refractivity contribution in [2.24, 2.45) is 0 Å². The molecule has 4 heterocycles. The third-order valence-electron chi connectivity index (χ3n) is 15.4. The maximum Gasteiger partial charge on any atom is 0.0991 e. The molecule has 0 aliphatic heterocycles. The summed E-state index contributed by atoms with van der Waals surface area (Å²) < 4.78 is 9.29. The fraction of sp³-hybridized carbons (Fsp3) is 0. The maximum absolute atomic E-state index is 10.0. The van der Waals surface area contributed by atoms with Crippen molar-refractivity contribution < 1.29 is 0 Å². The molecule has 0 saturated heterocycles. The molecule has 0 bridgehead atoms. The van der Waals surface area contributed by atoms with Crippen LogP contribution in [0.2, 0.25) is 0 Å². The van der Waals surface area contributed by atoms with Crippen LogP contribution in [0.25, 0.3) is 95.3 Å². The predicted octanol–water partition coefficient (Wildman–Crippen LogP) is 19.0. The number of aromatic nitrogens is 2. The fourth-order valence-electron chi connectivity index (χ4n) is 11.9. The molecule has 8 nitrogen and oxygen atoms in total. The van der Waals surface area contributed by atoms with Crippen molar-refractivity contribution in [1.29, 1.82) is 21.0 Å². The SMILES string of the molecule is N#Cc1ccc(N(c2ccc(C#N)cc2)c2cc3c(c4c2sc2ccccc24)c2c4sc5ccccc5c4c(N(c4ccc(C#N)cc4)c4ccc(C#N)cc4)cc2n3-c2cccc(-n3c4ccccc4c4ccccc43)c2)cc1. The summed E-state index contributed by atoms with van der Waals surface area (Å²) in [5.41, 5.74) is 13.7. The van der Waals surface area contributed by atoms with Gasteiger partial charge in [0.05, 0.1) is 84.7 Å². The molecular formula is C70H38N8S2. The van der Waals surface area contributed by atoms with Crippen LogP contribution in [0.15, 0.2) is 231 Å². The Morgan fingerprint density at radius 2 is 0.675 bits per heavy atom. The van der Waals surface area contributed by atoms with E-state index in [1.54, 1.807) is 22.7 Å². The number of nitriles is 4. The van der Waals surface area contributed by atoms with E-state index in [0.29, 0.717) is 22.3 Å². The van der Waals surface area contributed by atoms with Crippen molar-refractivity contribution in [3.8, 4) is 35.7 Å². The predicted molar refractivity (Wildman–Crippen MR) is 329 cm³/mol. The summed E-state index contributed by atoms with van der Waals surface area (Å²) in [5.74, 6) is 0. The summed E-state index contributed by atoms with van der Waals surface area (Å²) in [4.78, 5) is 4.52. The number of benzene rings is 11.